The van der Waals surface area contributed by atoms with Crippen molar-refractivity contribution in [3.8, 4) is 0 Å². The second kappa shape index (κ2) is 4.78. The first-order valence-corrected chi connectivity index (χ1v) is 7.03. The van der Waals surface area contributed by atoms with Crippen LogP contribution in [0.15, 0.2) is 18.2 Å². The molecule has 0 atom stereocenters. The number of aryl methyl sites for hydroxylation is 2. The van der Waals surface area contributed by atoms with E-state index in [0.717, 1.165) is 22.9 Å². The van der Waals surface area contributed by atoms with Crippen LogP contribution in [-0.4, -0.2) is 9.97 Å². The minimum absolute atomic E-state index is 0.498. The highest BCUT2D eigenvalue weighted by Gasteiger charge is 2.27. The lowest BCUT2D eigenvalue weighted by molar-refractivity contribution is 0.928. The second-order valence-corrected chi connectivity index (χ2v) is 5.64. The zero-order valence-electron chi connectivity index (χ0n) is 12.2. The molecule has 0 saturated heterocycles. The van der Waals surface area contributed by atoms with E-state index in [2.05, 4.69) is 47.3 Å². The molecule has 0 unspecified atom stereocenters. The third kappa shape index (κ3) is 2.46. The van der Waals surface area contributed by atoms with Crippen LogP contribution in [0.1, 0.15) is 41.3 Å². The Morgan fingerprint density at radius 3 is 2.50 bits per heavy atom. The first kappa shape index (κ1) is 12.9. The van der Waals surface area contributed by atoms with Crippen molar-refractivity contribution in [3.05, 3.63) is 40.7 Å². The van der Waals surface area contributed by atoms with Crippen LogP contribution in [0.5, 0.6) is 0 Å². The van der Waals surface area contributed by atoms with Crippen LogP contribution in [0.2, 0.25) is 0 Å². The zero-order chi connectivity index (χ0) is 14.3. The molecule has 1 fully saturated rings. The third-order valence-corrected chi connectivity index (χ3v) is 3.91. The van der Waals surface area contributed by atoms with Gasteiger partial charge in [-0.3, -0.25) is 0 Å². The smallest absolute Gasteiger partial charge is 0.139 e. The molecule has 1 aromatic heterocycles. The predicted molar refractivity (Wildman–Crippen MR) is 82.4 cm³/mol. The first-order chi connectivity index (χ1) is 9.54. The van der Waals surface area contributed by atoms with Gasteiger partial charge in [-0.1, -0.05) is 6.07 Å². The lowest BCUT2D eigenvalue weighted by atomic mass is 10.1. The van der Waals surface area contributed by atoms with Gasteiger partial charge < -0.3 is 11.1 Å². The van der Waals surface area contributed by atoms with Gasteiger partial charge in [-0.15, -0.1) is 0 Å². The van der Waals surface area contributed by atoms with Crippen molar-refractivity contribution in [2.45, 2.75) is 39.5 Å². The van der Waals surface area contributed by atoms with Crippen molar-refractivity contribution in [3.63, 3.8) is 0 Å². The fourth-order valence-corrected chi connectivity index (χ4v) is 2.15. The average Bonchev–Trinajstić information content (AvgIpc) is 3.23. The Labute approximate surface area is 119 Å². The number of rotatable bonds is 3. The van der Waals surface area contributed by atoms with Gasteiger partial charge in [0.05, 0.1) is 0 Å². The zero-order valence-corrected chi connectivity index (χ0v) is 12.2. The van der Waals surface area contributed by atoms with E-state index in [1.54, 1.807) is 0 Å². The van der Waals surface area contributed by atoms with E-state index in [4.69, 9.17) is 5.73 Å². The molecule has 0 aliphatic heterocycles. The number of hydrogen-bond acceptors (Lipinski definition) is 4. The van der Waals surface area contributed by atoms with Crippen LogP contribution in [0.25, 0.3) is 0 Å². The topological polar surface area (TPSA) is 63.8 Å². The van der Waals surface area contributed by atoms with Gasteiger partial charge in [0.2, 0.25) is 0 Å². The molecule has 3 rings (SSSR count). The molecule has 104 valence electrons. The van der Waals surface area contributed by atoms with Crippen molar-refractivity contribution in [2.75, 3.05) is 11.1 Å². The minimum atomic E-state index is 0.498. The summed E-state index contributed by atoms with van der Waals surface area (Å²) >= 11 is 0. The van der Waals surface area contributed by atoms with Gasteiger partial charge >= 0.3 is 0 Å². The van der Waals surface area contributed by atoms with E-state index in [1.807, 2.05) is 6.92 Å². The summed E-state index contributed by atoms with van der Waals surface area (Å²) in [6.45, 7) is 6.17. The van der Waals surface area contributed by atoms with E-state index in [1.165, 1.54) is 24.0 Å². The highest BCUT2D eigenvalue weighted by atomic mass is 15.1. The summed E-state index contributed by atoms with van der Waals surface area (Å²) in [6.07, 6.45) is 2.34. The molecule has 0 spiro atoms. The van der Waals surface area contributed by atoms with Crippen molar-refractivity contribution in [2.24, 2.45) is 0 Å². The van der Waals surface area contributed by atoms with Crippen LogP contribution in [0.4, 0.5) is 17.3 Å². The summed E-state index contributed by atoms with van der Waals surface area (Å²) in [7, 11) is 0. The Hall–Kier alpha value is -2.10. The van der Waals surface area contributed by atoms with E-state index in [0.29, 0.717) is 11.7 Å². The van der Waals surface area contributed by atoms with Gasteiger partial charge in [0.1, 0.15) is 17.5 Å². The Morgan fingerprint density at radius 1 is 1.10 bits per heavy atom. The lowest BCUT2D eigenvalue weighted by Gasteiger charge is -2.13. The fraction of sp³-hybridized carbons (Fsp3) is 0.375. The van der Waals surface area contributed by atoms with Crippen LogP contribution in [-0.2, 0) is 0 Å². The highest BCUT2D eigenvalue weighted by molar-refractivity contribution is 5.64. The van der Waals surface area contributed by atoms with Gasteiger partial charge in [-0.2, -0.15) is 0 Å². The van der Waals surface area contributed by atoms with Gasteiger partial charge in [-0.05, 0) is 56.9 Å². The number of anilines is 3. The van der Waals surface area contributed by atoms with Gasteiger partial charge in [-0.25, -0.2) is 9.97 Å². The molecule has 20 heavy (non-hydrogen) atoms. The molecule has 1 aliphatic rings. The minimum Gasteiger partial charge on any atom is -0.383 e. The SMILES string of the molecule is Cc1ccc(Nc2nc(C3CC3)nc(N)c2C)cc1C. The molecule has 0 amide bonds. The standard InChI is InChI=1S/C16H20N4/c1-9-4-7-13(8-10(9)2)18-15-11(3)14(17)19-16(20-15)12-5-6-12/h4,7-8,12H,5-6H2,1-3H3,(H3,17,18,19,20). The number of nitrogens with zero attached hydrogens (tertiary/aromatic N) is 2. The summed E-state index contributed by atoms with van der Waals surface area (Å²) in [5.41, 5.74) is 10.5. The molecule has 0 bridgehead atoms. The fourth-order valence-electron chi connectivity index (χ4n) is 2.15. The van der Waals surface area contributed by atoms with Gasteiger partial charge in [0.25, 0.3) is 0 Å². The number of nitrogens with two attached hydrogens (primary N) is 1. The Bertz CT molecular complexity index is 660. The molecule has 1 aliphatic carbocycles. The largest absolute Gasteiger partial charge is 0.383 e. The third-order valence-electron chi connectivity index (χ3n) is 3.91. The molecular weight excluding hydrogens is 248 g/mol. The summed E-state index contributed by atoms with van der Waals surface area (Å²) < 4.78 is 0. The highest BCUT2D eigenvalue weighted by Crippen LogP contribution is 2.39. The van der Waals surface area contributed by atoms with Crippen molar-refractivity contribution >= 4 is 17.3 Å². The van der Waals surface area contributed by atoms with Gasteiger partial charge in [0, 0.05) is 17.2 Å². The molecule has 4 heteroatoms. The maximum Gasteiger partial charge on any atom is 0.139 e. The Kier molecular flexibility index (Phi) is 3.08. The normalized spacial score (nSPS) is 14.3. The molecule has 1 saturated carbocycles. The number of aromatic nitrogens is 2. The number of nitrogens with one attached hydrogen (secondary N) is 1. The summed E-state index contributed by atoms with van der Waals surface area (Å²) in [6, 6.07) is 6.31. The van der Waals surface area contributed by atoms with E-state index in [9.17, 15) is 0 Å². The second-order valence-electron chi connectivity index (χ2n) is 5.64. The van der Waals surface area contributed by atoms with E-state index >= 15 is 0 Å². The number of benzene rings is 1. The molecule has 1 heterocycles. The Morgan fingerprint density at radius 2 is 1.85 bits per heavy atom. The van der Waals surface area contributed by atoms with Crippen LogP contribution >= 0.6 is 0 Å². The quantitative estimate of drug-likeness (QED) is 0.892. The van der Waals surface area contributed by atoms with Crippen molar-refractivity contribution in [1.82, 2.24) is 9.97 Å². The summed E-state index contributed by atoms with van der Waals surface area (Å²) in [5, 5.41) is 3.37. The van der Waals surface area contributed by atoms with Crippen LogP contribution in [0.3, 0.4) is 0 Å². The summed E-state index contributed by atoms with van der Waals surface area (Å²) in [5.74, 6) is 2.77. The average molecular weight is 268 g/mol. The monoisotopic (exact) mass is 268 g/mol. The number of hydrogen-bond donors (Lipinski definition) is 2. The molecular formula is C16H20N4. The van der Waals surface area contributed by atoms with Crippen molar-refractivity contribution < 1.29 is 0 Å². The molecule has 1 aromatic carbocycles. The van der Waals surface area contributed by atoms with Gasteiger partial charge in [0.15, 0.2) is 0 Å². The van der Waals surface area contributed by atoms with E-state index < -0.39 is 0 Å². The maximum atomic E-state index is 6.00. The van der Waals surface area contributed by atoms with Crippen molar-refractivity contribution in [1.29, 1.82) is 0 Å². The Balaban J connectivity index is 1.94. The number of nitrogen functional groups attached to an aromatic ring is 1. The van der Waals surface area contributed by atoms with E-state index in [-0.39, 0.29) is 0 Å². The molecule has 2 aromatic rings. The molecule has 3 N–H and O–H groups in total. The molecule has 4 nitrogen and oxygen atoms in total. The summed E-state index contributed by atoms with van der Waals surface area (Å²) in [4.78, 5) is 9.04. The first-order valence-electron chi connectivity index (χ1n) is 7.03. The maximum absolute atomic E-state index is 6.00. The lowest BCUT2D eigenvalue weighted by Crippen LogP contribution is -2.06. The predicted octanol–water partition coefficient (Wildman–Crippen LogP) is 3.61. The van der Waals surface area contributed by atoms with Crippen LogP contribution < -0.4 is 11.1 Å². The van der Waals surface area contributed by atoms with Crippen LogP contribution in [0, 0.1) is 20.8 Å². The molecule has 0 radical (unpaired) electrons.